The molecule has 168 valence electrons. The fourth-order valence-electron chi connectivity index (χ4n) is 3.22. The van der Waals surface area contributed by atoms with Crippen LogP contribution in [-0.4, -0.2) is 35.9 Å². The van der Waals surface area contributed by atoms with Crippen LogP contribution in [0.5, 0.6) is 5.75 Å². The molecule has 0 aliphatic carbocycles. The predicted octanol–water partition coefficient (Wildman–Crippen LogP) is 5.32. The maximum atomic E-state index is 13.1. The molecule has 5 nitrogen and oxygen atoms in total. The van der Waals surface area contributed by atoms with Gasteiger partial charge in [-0.1, -0.05) is 48.7 Å². The van der Waals surface area contributed by atoms with E-state index in [9.17, 15) is 9.59 Å². The third-order valence-corrected chi connectivity index (χ3v) is 5.65. The van der Waals surface area contributed by atoms with Gasteiger partial charge < -0.3 is 15.0 Å². The first-order valence-electron chi connectivity index (χ1n) is 10.4. The highest BCUT2D eigenvalue weighted by Gasteiger charge is 2.27. The molecule has 2 amide bonds. The van der Waals surface area contributed by atoms with Gasteiger partial charge in [-0.25, -0.2) is 0 Å². The minimum Gasteiger partial charge on any atom is -0.484 e. The van der Waals surface area contributed by atoms with Crippen LogP contribution in [0.4, 0.5) is 0 Å². The lowest BCUT2D eigenvalue weighted by Crippen LogP contribution is -2.49. The number of hydrogen-bond acceptors (Lipinski definition) is 3. The average molecular weight is 465 g/mol. The Labute approximate surface area is 194 Å². The van der Waals surface area contributed by atoms with Crippen molar-refractivity contribution in [3.63, 3.8) is 0 Å². The van der Waals surface area contributed by atoms with Gasteiger partial charge in [0.25, 0.3) is 5.91 Å². The van der Waals surface area contributed by atoms with Crippen molar-refractivity contribution in [2.45, 2.75) is 53.1 Å². The third-order valence-electron chi connectivity index (χ3n) is 4.94. The van der Waals surface area contributed by atoms with Crippen molar-refractivity contribution in [1.29, 1.82) is 0 Å². The average Bonchev–Trinajstić information content (AvgIpc) is 2.71. The lowest BCUT2D eigenvalue weighted by Gasteiger charge is -2.29. The van der Waals surface area contributed by atoms with Crippen LogP contribution in [0.2, 0.25) is 10.0 Å². The summed E-state index contributed by atoms with van der Waals surface area (Å²) in [6, 6.07) is 10.2. The van der Waals surface area contributed by atoms with Gasteiger partial charge >= 0.3 is 0 Å². The molecule has 31 heavy (non-hydrogen) atoms. The Morgan fingerprint density at radius 1 is 1.10 bits per heavy atom. The van der Waals surface area contributed by atoms with Crippen LogP contribution in [0.15, 0.2) is 36.4 Å². The van der Waals surface area contributed by atoms with Crippen molar-refractivity contribution in [3.05, 3.63) is 63.1 Å². The number of hydrogen-bond donors (Lipinski definition) is 1. The number of halogens is 2. The number of nitrogens with one attached hydrogen (secondary N) is 1. The van der Waals surface area contributed by atoms with E-state index in [-0.39, 0.29) is 25.0 Å². The van der Waals surface area contributed by atoms with Crippen molar-refractivity contribution in [2.24, 2.45) is 0 Å². The predicted molar refractivity (Wildman–Crippen MR) is 126 cm³/mol. The van der Waals surface area contributed by atoms with E-state index in [1.54, 1.807) is 25.1 Å². The van der Waals surface area contributed by atoms with Gasteiger partial charge in [0, 0.05) is 28.7 Å². The second kappa shape index (κ2) is 12.0. The maximum Gasteiger partial charge on any atom is 0.261 e. The Morgan fingerprint density at radius 3 is 2.29 bits per heavy atom. The summed E-state index contributed by atoms with van der Waals surface area (Å²) in [6.45, 7) is 8.16. The topological polar surface area (TPSA) is 58.6 Å². The molecule has 0 bridgehead atoms. The Bertz CT molecular complexity index is 877. The minimum atomic E-state index is -0.709. The molecule has 2 aromatic rings. The number of carbonyl (C=O) groups excluding carboxylic acids is 2. The summed E-state index contributed by atoms with van der Waals surface area (Å²) in [6.07, 6.45) is 1.84. The fraction of sp³-hybridized carbons (Fsp3) is 0.417. The summed E-state index contributed by atoms with van der Waals surface area (Å²) in [5.74, 6) is 0.0614. The van der Waals surface area contributed by atoms with E-state index >= 15 is 0 Å². The first-order chi connectivity index (χ1) is 14.7. The summed E-state index contributed by atoms with van der Waals surface area (Å²) < 4.78 is 5.75. The highest BCUT2D eigenvalue weighted by molar-refractivity contribution is 6.36. The molecule has 0 radical (unpaired) electrons. The Morgan fingerprint density at radius 2 is 1.71 bits per heavy atom. The van der Waals surface area contributed by atoms with Crippen LogP contribution < -0.4 is 10.1 Å². The standard InChI is InChI=1S/C24H30Cl2N2O3/c1-5-6-10-27-24(30)18(4)28(14-20-21(25)8-7-9-22(20)26)23(29)15-31-19-12-16(2)11-17(3)13-19/h7-9,11-13,18H,5-6,10,14-15H2,1-4H3,(H,27,30)/t18-/m1/s1. The maximum absolute atomic E-state index is 13.1. The van der Waals surface area contributed by atoms with E-state index in [2.05, 4.69) is 12.2 Å². The Kier molecular flexibility index (Phi) is 9.66. The molecule has 2 rings (SSSR count). The van der Waals surface area contributed by atoms with E-state index in [0.29, 0.717) is 27.9 Å². The fourth-order valence-corrected chi connectivity index (χ4v) is 3.73. The molecule has 0 aromatic heterocycles. The van der Waals surface area contributed by atoms with Crippen molar-refractivity contribution in [2.75, 3.05) is 13.2 Å². The van der Waals surface area contributed by atoms with Gasteiger partial charge in [-0.2, -0.15) is 0 Å². The number of aryl methyl sites for hydroxylation is 2. The summed E-state index contributed by atoms with van der Waals surface area (Å²) in [5.41, 5.74) is 2.69. The van der Waals surface area contributed by atoms with Crippen LogP contribution in [0.25, 0.3) is 0 Å². The van der Waals surface area contributed by atoms with Gasteiger partial charge in [-0.15, -0.1) is 0 Å². The molecule has 0 aliphatic heterocycles. The molecule has 0 heterocycles. The van der Waals surface area contributed by atoms with E-state index in [1.807, 2.05) is 32.0 Å². The molecule has 0 spiro atoms. The van der Waals surface area contributed by atoms with Crippen LogP contribution in [-0.2, 0) is 16.1 Å². The van der Waals surface area contributed by atoms with Crippen molar-refractivity contribution < 1.29 is 14.3 Å². The number of unbranched alkanes of at least 4 members (excludes halogenated alkanes) is 1. The molecule has 0 saturated heterocycles. The van der Waals surface area contributed by atoms with Gasteiger partial charge in [-0.05, 0) is 62.6 Å². The molecular formula is C24H30Cl2N2O3. The van der Waals surface area contributed by atoms with E-state index in [0.717, 1.165) is 24.0 Å². The normalized spacial score (nSPS) is 11.7. The van der Waals surface area contributed by atoms with E-state index in [4.69, 9.17) is 27.9 Å². The van der Waals surface area contributed by atoms with Gasteiger partial charge in [-0.3, -0.25) is 9.59 Å². The van der Waals surface area contributed by atoms with Gasteiger partial charge in [0.2, 0.25) is 5.91 Å². The molecule has 0 unspecified atom stereocenters. The Balaban J connectivity index is 2.20. The number of benzene rings is 2. The van der Waals surface area contributed by atoms with Crippen LogP contribution >= 0.6 is 23.2 Å². The van der Waals surface area contributed by atoms with Gasteiger partial charge in [0.1, 0.15) is 11.8 Å². The number of nitrogens with zero attached hydrogens (tertiary/aromatic N) is 1. The van der Waals surface area contributed by atoms with Crippen LogP contribution in [0.3, 0.4) is 0 Å². The monoisotopic (exact) mass is 464 g/mol. The highest BCUT2D eigenvalue weighted by Crippen LogP contribution is 2.26. The van der Waals surface area contributed by atoms with E-state index < -0.39 is 6.04 Å². The summed E-state index contributed by atoms with van der Waals surface area (Å²) in [4.78, 5) is 27.3. The number of rotatable bonds is 10. The summed E-state index contributed by atoms with van der Waals surface area (Å²) in [7, 11) is 0. The van der Waals surface area contributed by atoms with Gasteiger partial charge in [0.15, 0.2) is 6.61 Å². The second-order valence-electron chi connectivity index (χ2n) is 7.65. The molecule has 1 N–H and O–H groups in total. The van der Waals surface area contributed by atoms with Gasteiger partial charge in [0.05, 0.1) is 0 Å². The first kappa shape index (κ1) is 25.0. The number of amides is 2. The van der Waals surface area contributed by atoms with Crippen molar-refractivity contribution >= 4 is 35.0 Å². The molecule has 2 aromatic carbocycles. The molecule has 0 aliphatic rings. The molecule has 0 saturated carbocycles. The SMILES string of the molecule is CCCCNC(=O)[C@@H](C)N(Cc1c(Cl)cccc1Cl)C(=O)COc1cc(C)cc(C)c1. The molecule has 1 atom stereocenters. The zero-order valence-electron chi connectivity index (χ0n) is 18.5. The lowest BCUT2D eigenvalue weighted by molar-refractivity contribution is -0.142. The van der Waals surface area contributed by atoms with E-state index in [1.165, 1.54) is 4.90 Å². The second-order valence-corrected chi connectivity index (χ2v) is 8.47. The first-order valence-corrected chi connectivity index (χ1v) is 11.2. The summed E-state index contributed by atoms with van der Waals surface area (Å²) >= 11 is 12.6. The van der Waals surface area contributed by atoms with Crippen molar-refractivity contribution in [1.82, 2.24) is 10.2 Å². The van der Waals surface area contributed by atoms with Crippen LogP contribution in [0.1, 0.15) is 43.4 Å². The quantitative estimate of drug-likeness (QED) is 0.483. The van der Waals surface area contributed by atoms with Crippen molar-refractivity contribution in [3.8, 4) is 5.75 Å². The number of ether oxygens (including phenoxy) is 1. The summed E-state index contributed by atoms with van der Waals surface area (Å²) in [5, 5.41) is 3.77. The highest BCUT2D eigenvalue weighted by atomic mass is 35.5. The largest absolute Gasteiger partial charge is 0.484 e. The zero-order chi connectivity index (χ0) is 23.0. The number of carbonyl (C=O) groups is 2. The minimum absolute atomic E-state index is 0.107. The zero-order valence-corrected chi connectivity index (χ0v) is 20.0. The van der Waals surface area contributed by atoms with Crippen LogP contribution in [0, 0.1) is 13.8 Å². The molecule has 0 fully saturated rings. The molecular weight excluding hydrogens is 435 g/mol. The third kappa shape index (κ3) is 7.44. The molecule has 7 heteroatoms. The smallest absolute Gasteiger partial charge is 0.261 e. The Hall–Kier alpha value is -2.24. The lowest BCUT2D eigenvalue weighted by atomic mass is 10.1.